The molecule has 0 spiro atoms. The fourth-order valence-corrected chi connectivity index (χ4v) is 5.34. The Morgan fingerprint density at radius 3 is 2.50 bits per heavy atom. The number of benzene rings is 1. The lowest BCUT2D eigenvalue weighted by Gasteiger charge is -2.31. The van der Waals surface area contributed by atoms with Crippen LogP contribution < -0.4 is 10.2 Å². The van der Waals surface area contributed by atoms with Gasteiger partial charge in [0, 0.05) is 6.04 Å². The number of amides is 1. The zero-order valence-corrected chi connectivity index (χ0v) is 16.7. The normalized spacial score (nSPS) is 20.7. The molecule has 0 radical (unpaired) electrons. The Morgan fingerprint density at radius 1 is 1.27 bits per heavy atom. The number of piperazine rings is 1. The number of aryl methyl sites for hydroxylation is 2. The van der Waals surface area contributed by atoms with Crippen LogP contribution in [0.3, 0.4) is 0 Å². The molecule has 1 amide bonds. The van der Waals surface area contributed by atoms with E-state index in [1.807, 2.05) is 26.0 Å². The molecule has 1 aliphatic heterocycles. The van der Waals surface area contributed by atoms with E-state index in [9.17, 15) is 13.2 Å². The summed E-state index contributed by atoms with van der Waals surface area (Å²) in [4.78, 5) is 13.7. The van der Waals surface area contributed by atoms with E-state index >= 15 is 0 Å². The maximum atomic E-state index is 12.9. The van der Waals surface area contributed by atoms with Crippen LogP contribution in [-0.2, 0) is 14.8 Å². The zero-order valence-electron chi connectivity index (χ0n) is 15.9. The van der Waals surface area contributed by atoms with E-state index in [1.54, 1.807) is 10.4 Å². The maximum absolute atomic E-state index is 12.9. The summed E-state index contributed by atoms with van der Waals surface area (Å²) in [6.45, 7) is 8.53. The molecule has 144 valence electrons. The molecule has 1 saturated heterocycles. The summed E-state index contributed by atoms with van der Waals surface area (Å²) in [6.07, 6.45) is 2.42. The fraction of sp³-hybridized carbons (Fsp3) is 0.632. The van der Waals surface area contributed by atoms with Crippen LogP contribution >= 0.6 is 0 Å². The van der Waals surface area contributed by atoms with Crippen molar-refractivity contribution in [1.29, 1.82) is 0 Å². The van der Waals surface area contributed by atoms with Crippen LogP contribution in [0.1, 0.15) is 30.9 Å². The molecule has 0 unspecified atom stereocenters. The van der Waals surface area contributed by atoms with Gasteiger partial charge in [-0.2, -0.15) is 4.31 Å². The summed E-state index contributed by atoms with van der Waals surface area (Å²) < 4.78 is 27.4. The Morgan fingerprint density at radius 2 is 1.92 bits per heavy atom. The zero-order chi connectivity index (χ0) is 18.9. The summed E-state index contributed by atoms with van der Waals surface area (Å²) in [7, 11) is -3.46. The highest BCUT2D eigenvalue weighted by atomic mass is 32.2. The molecule has 26 heavy (non-hydrogen) atoms. The molecule has 2 aliphatic rings. The maximum Gasteiger partial charge on any atom is 0.275 e. The Balaban J connectivity index is 1.54. The predicted octanol–water partition coefficient (Wildman–Crippen LogP) is 0.107. The van der Waals surface area contributed by atoms with Gasteiger partial charge in [0.1, 0.15) is 0 Å². The summed E-state index contributed by atoms with van der Waals surface area (Å²) in [5.74, 6) is 0.721. The summed E-state index contributed by atoms with van der Waals surface area (Å²) >= 11 is 0. The van der Waals surface area contributed by atoms with Crippen molar-refractivity contribution in [2.24, 2.45) is 5.92 Å². The number of sulfonamides is 1. The third-order valence-corrected chi connectivity index (χ3v) is 7.56. The largest absolute Gasteiger partial charge is 0.348 e. The van der Waals surface area contributed by atoms with Crippen LogP contribution in [0.2, 0.25) is 0 Å². The molecule has 3 rings (SSSR count). The predicted molar refractivity (Wildman–Crippen MR) is 101 cm³/mol. The fourth-order valence-electron chi connectivity index (χ4n) is 3.69. The van der Waals surface area contributed by atoms with Crippen molar-refractivity contribution >= 4 is 15.9 Å². The molecule has 1 aliphatic carbocycles. The SMILES string of the molecule is Cc1ccc(S(=O)(=O)N2CC[NH+](CC(=O)N[C@@H](C)C3CC3)CC2)c(C)c1. The highest BCUT2D eigenvalue weighted by molar-refractivity contribution is 7.89. The number of rotatable bonds is 6. The molecule has 2 fully saturated rings. The van der Waals surface area contributed by atoms with Crippen LogP contribution in [0, 0.1) is 19.8 Å². The number of quaternary nitrogens is 1. The van der Waals surface area contributed by atoms with Crippen LogP contribution in [0.25, 0.3) is 0 Å². The minimum Gasteiger partial charge on any atom is -0.348 e. The van der Waals surface area contributed by atoms with Gasteiger partial charge in [0.15, 0.2) is 6.54 Å². The number of hydrogen-bond acceptors (Lipinski definition) is 3. The van der Waals surface area contributed by atoms with Crippen molar-refractivity contribution in [2.45, 2.75) is 44.6 Å². The monoisotopic (exact) mass is 380 g/mol. The topological polar surface area (TPSA) is 70.9 Å². The number of carbonyl (C=O) groups is 1. The van der Waals surface area contributed by atoms with Crippen LogP contribution in [0.15, 0.2) is 23.1 Å². The van der Waals surface area contributed by atoms with Gasteiger partial charge < -0.3 is 10.2 Å². The van der Waals surface area contributed by atoms with Crippen molar-refractivity contribution in [3.05, 3.63) is 29.3 Å². The summed E-state index contributed by atoms with van der Waals surface area (Å²) in [5.41, 5.74) is 1.84. The summed E-state index contributed by atoms with van der Waals surface area (Å²) in [5, 5.41) is 3.08. The van der Waals surface area contributed by atoms with Crippen LogP contribution in [-0.4, -0.2) is 57.4 Å². The van der Waals surface area contributed by atoms with E-state index in [0.29, 0.717) is 43.5 Å². The average Bonchev–Trinajstić information content (AvgIpc) is 3.39. The molecule has 1 heterocycles. The van der Waals surface area contributed by atoms with Crippen molar-refractivity contribution in [3.63, 3.8) is 0 Å². The smallest absolute Gasteiger partial charge is 0.275 e. The van der Waals surface area contributed by atoms with Crippen LogP contribution in [0.4, 0.5) is 0 Å². The standard InChI is InChI=1S/C19H29N3O3S/c1-14-4-7-18(15(2)12-14)26(24,25)22-10-8-21(9-11-22)13-19(23)20-16(3)17-5-6-17/h4,7,12,16-17H,5-6,8-11,13H2,1-3H3,(H,20,23)/p+1/t16-/m0/s1. The molecule has 1 saturated carbocycles. The lowest BCUT2D eigenvalue weighted by molar-refractivity contribution is -0.895. The first kappa shape index (κ1) is 19.3. The molecular formula is C19H30N3O3S+. The van der Waals surface area contributed by atoms with Crippen molar-refractivity contribution < 1.29 is 18.1 Å². The molecule has 1 atom stereocenters. The molecule has 0 aromatic heterocycles. The molecule has 2 N–H and O–H groups in total. The van der Waals surface area contributed by atoms with E-state index < -0.39 is 10.0 Å². The van der Waals surface area contributed by atoms with E-state index in [2.05, 4.69) is 12.2 Å². The molecular weight excluding hydrogens is 350 g/mol. The minimum atomic E-state index is -3.46. The third-order valence-electron chi connectivity index (χ3n) is 5.51. The van der Waals surface area contributed by atoms with Gasteiger partial charge in [-0.25, -0.2) is 8.42 Å². The Kier molecular flexibility index (Phi) is 5.69. The van der Waals surface area contributed by atoms with E-state index in [0.717, 1.165) is 16.0 Å². The average molecular weight is 381 g/mol. The summed E-state index contributed by atoms with van der Waals surface area (Å²) in [6, 6.07) is 5.70. The van der Waals surface area contributed by atoms with E-state index in [-0.39, 0.29) is 11.9 Å². The molecule has 1 aromatic carbocycles. The van der Waals surface area contributed by atoms with Gasteiger partial charge in [0.05, 0.1) is 31.1 Å². The Labute approximate surface area is 156 Å². The first-order valence-electron chi connectivity index (χ1n) is 9.47. The quantitative estimate of drug-likeness (QED) is 0.736. The second-order valence-electron chi connectivity index (χ2n) is 7.79. The minimum absolute atomic E-state index is 0.0742. The van der Waals surface area contributed by atoms with Gasteiger partial charge in [-0.05, 0) is 51.2 Å². The van der Waals surface area contributed by atoms with Gasteiger partial charge >= 0.3 is 0 Å². The van der Waals surface area contributed by atoms with Crippen molar-refractivity contribution in [3.8, 4) is 0 Å². The number of carbonyl (C=O) groups excluding carboxylic acids is 1. The van der Waals surface area contributed by atoms with Gasteiger partial charge in [-0.15, -0.1) is 0 Å². The van der Waals surface area contributed by atoms with Gasteiger partial charge in [-0.1, -0.05) is 17.7 Å². The molecule has 7 heteroatoms. The van der Waals surface area contributed by atoms with E-state index in [1.165, 1.54) is 12.8 Å². The second-order valence-corrected chi connectivity index (χ2v) is 9.70. The van der Waals surface area contributed by atoms with Gasteiger partial charge in [-0.3, -0.25) is 4.79 Å². The number of nitrogens with one attached hydrogen (secondary N) is 2. The second kappa shape index (κ2) is 7.66. The first-order chi connectivity index (χ1) is 12.3. The number of nitrogens with zero attached hydrogens (tertiary/aromatic N) is 1. The Hall–Kier alpha value is -1.44. The lowest BCUT2D eigenvalue weighted by Crippen LogP contribution is -3.15. The third kappa shape index (κ3) is 4.45. The molecule has 1 aromatic rings. The van der Waals surface area contributed by atoms with Gasteiger partial charge in [0.25, 0.3) is 5.91 Å². The molecule has 6 nitrogen and oxygen atoms in total. The van der Waals surface area contributed by atoms with Crippen molar-refractivity contribution in [1.82, 2.24) is 9.62 Å². The Bertz CT molecular complexity index is 766. The highest BCUT2D eigenvalue weighted by Gasteiger charge is 2.33. The van der Waals surface area contributed by atoms with Crippen molar-refractivity contribution in [2.75, 3.05) is 32.7 Å². The number of hydrogen-bond donors (Lipinski definition) is 2. The lowest BCUT2D eigenvalue weighted by atomic mass is 10.2. The first-order valence-corrected chi connectivity index (χ1v) is 10.9. The molecule has 0 bridgehead atoms. The van der Waals surface area contributed by atoms with Crippen LogP contribution in [0.5, 0.6) is 0 Å². The van der Waals surface area contributed by atoms with Gasteiger partial charge in [0.2, 0.25) is 10.0 Å². The highest BCUT2D eigenvalue weighted by Crippen LogP contribution is 2.32. The van der Waals surface area contributed by atoms with E-state index in [4.69, 9.17) is 0 Å².